The number of nitrogen functional groups attached to an aromatic ring is 1. The van der Waals surface area contributed by atoms with Crippen molar-refractivity contribution in [1.82, 2.24) is 9.97 Å². The van der Waals surface area contributed by atoms with Crippen LogP contribution in [0.15, 0.2) is 30.6 Å². The molecule has 1 aromatic heterocycles. The molecule has 0 spiro atoms. The van der Waals surface area contributed by atoms with Crippen molar-refractivity contribution in [2.45, 2.75) is 19.4 Å². The summed E-state index contributed by atoms with van der Waals surface area (Å²) in [4.78, 5) is 17.4. The minimum Gasteiger partial charge on any atom is -0.397 e. The number of aromatic nitrogens is 2. The lowest BCUT2D eigenvalue weighted by Gasteiger charge is -2.17. The summed E-state index contributed by atoms with van der Waals surface area (Å²) < 4.78 is 0. The molecule has 2 rings (SSSR count). The fourth-order valence-electron chi connectivity index (χ4n) is 1.81. The predicted octanol–water partition coefficient (Wildman–Crippen LogP) is 2.46. The van der Waals surface area contributed by atoms with E-state index in [-0.39, 0.29) is 11.7 Å². The van der Waals surface area contributed by atoms with Gasteiger partial charge in [0.1, 0.15) is 5.82 Å². The number of anilines is 2. The molecule has 100 valence electrons. The lowest BCUT2D eigenvalue weighted by molar-refractivity contribution is -0.384. The van der Waals surface area contributed by atoms with Crippen molar-refractivity contribution < 1.29 is 4.92 Å². The number of imidazole rings is 1. The van der Waals surface area contributed by atoms with Crippen LogP contribution in [-0.2, 0) is 0 Å². The number of rotatable bonds is 5. The Morgan fingerprint density at radius 2 is 2.37 bits per heavy atom. The molecule has 0 aliphatic heterocycles. The van der Waals surface area contributed by atoms with E-state index < -0.39 is 4.92 Å². The standard InChI is InChI=1S/C12H15N5O2/c1-2-10(12-14-5-6-15-12)16-11-4-3-8(17(18)19)7-9(11)13/h3-7,10,16H,2,13H2,1H3,(H,14,15). The van der Waals surface area contributed by atoms with Gasteiger partial charge >= 0.3 is 0 Å². The van der Waals surface area contributed by atoms with Gasteiger partial charge in [-0.15, -0.1) is 0 Å². The van der Waals surface area contributed by atoms with Crippen molar-refractivity contribution in [2.75, 3.05) is 11.1 Å². The second kappa shape index (κ2) is 5.38. The average molecular weight is 261 g/mol. The molecule has 0 aliphatic rings. The molecule has 7 heteroatoms. The van der Waals surface area contributed by atoms with Gasteiger partial charge < -0.3 is 16.0 Å². The number of nitro groups is 1. The highest BCUT2D eigenvalue weighted by atomic mass is 16.6. The number of hydrogen-bond donors (Lipinski definition) is 3. The summed E-state index contributed by atoms with van der Waals surface area (Å²) in [5, 5.41) is 13.9. The predicted molar refractivity (Wildman–Crippen MR) is 72.8 cm³/mol. The number of nitrogens with zero attached hydrogens (tertiary/aromatic N) is 2. The quantitative estimate of drug-likeness (QED) is 0.435. The van der Waals surface area contributed by atoms with Crippen LogP contribution in [0.2, 0.25) is 0 Å². The molecule has 4 N–H and O–H groups in total. The third kappa shape index (κ3) is 2.82. The van der Waals surface area contributed by atoms with E-state index in [4.69, 9.17) is 5.73 Å². The van der Waals surface area contributed by atoms with Gasteiger partial charge in [0.25, 0.3) is 5.69 Å². The van der Waals surface area contributed by atoms with Crippen LogP contribution in [-0.4, -0.2) is 14.9 Å². The monoisotopic (exact) mass is 261 g/mol. The molecule has 1 aromatic carbocycles. The van der Waals surface area contributed by atoms with Gasteiger partial charge in [-0.3, -0.25) is 10.1 Å². The van der Waals surface area contributed by atoms with Crippen molar-refractivity contribution >= 4 is 17.1 Å². The molecule has 0 saturated carbocycles. The largest absolute Gasteiger partial charge is 0.397 e. The van der Waals surface area contributed by atoms with Crippen molar-refractivity contribution in [3.8, 4) is 0 Å². The number of nitro benzene ring substituents is 1. The summed E-state index contributed by atoms with van der Waals surface area (Å²) >= 11 is 0. The Kier molecular flexibility index (Phi) is 3.65. The maximum atomic E-state index is 10.6. The molecule has 0 bridgehead atoms. The van der Waals surface area contributed by atoms with Crippen LogP contribution in [0.5, 0.6) is 0 Å². The van der Waals surface area contributed by atoms with Crippen LogP contribution in [0.1, 0.15) is 25.2 Å². The normalized spacial score (nSPS) is 12.1. The first-order chi connectivity index (χ1) is 9.11. The maximum absolute atomic E-state index is 10.6. The lowest BCUT2D eigenvalue weighted by Crippen LogP contribution is -2.12. The minimum absolute atomic E-state index is 0.0150. The van der Waals surface area contributed by atoms with Gasteiger partial charge in [0, 0.05) is 24.5 Å². The Labute approximate surface area is 110 Å². The first-order valence-electron chi connectivity index (χ1n) is 5.91. The Morgan fingerprint density at radius 1 is 1.58 bits per heavy atom. The summed E-state index contributed by atoms with van der Waals surface area (Å²) in [6.45, 7) is 2.02. The van der Waals surface area contributed by atoms with Crippen LogP contribution >= 0.6 is 0 Å². The van der Waals surface area contributed by atoms with Gasteiger partial charge in [0.2, 0.25) is 0 Å². The van der Waals surface area contributed by atoms with Crippen molar-refractivity contribution in [3.63, 3.8) is 0 Å². The third-order valence-electron chi connectivity index (χ3n) is 2.83. The summed E-state index contributed by atoms with van der Waals surface area (Å²) in [7, 11) is 0. The van der Waals surface area contributed by atoms with Gasteiger partial charge in [0.05, 0.1) is 22.3 Å². The van der Waals surface area contributed by atoms with Crippen LogP contribution in [0, 0.1) is 10.1 Å². The Balaban J connectivity index is 2.21. The number of benzene rings is 1. The number of nitrogens with two attached hydrogens (primary N) is 1. The Bertz CT molecular complexity index is 568. The molecule has 1 atom stereocenters. The Hall–Kier alpha value is -2.57. The van der Waals surface area contributed by atoms with Gasteiger partial charge in [0.15, 0.2) is 0 Å². The van der Waals surface area contributed by atoms with Crippen molar-refractivity contribution in [1.29, 1.82) is 0 Å². The molecule has 1 unspecified atom stereocenters. The number of nitrogens with one attached hydrogen (secondary N) is 2. The molecular formula is C12H15N5O2. The molecule has 0 saturated heterocycles. The van der Waals surface area contributed by atoms with E-state index in [9.17, 15) is 10.1 Å². The minimum atomic E-state index is -0.468. The summed E-state index contributed by atoms with van der Waals surface area (Å²) in [5.74, 6) is 0.806. The number of hydrogen-bond acceptors (Lipinski definition) is 5. The fraction of sp³-hybridized carbons (Fsp3) is 0.250. The van der Waals surface area contributed by atoms with E-state index in [0.29, 0.717) is 11.4 Å². The maximum Gasteiger partial charge on any atom is 0.271 e. The fourth-order valence-corrected chi connectivity index (χ4v) is 1.81. The van der Waals surface area contributed by atoms with E-state index in [1.54, 1.807) is 18.5 Å². The number of aromatic amines is 1. The first-order valence-corrected chi connectivity index (χ1v) is 5.91. The van der Waals surface area contributed by atoms with E-state index in [2.05, 4.69) is 15.3 Å². The summed E-state index contributed by atoms with van der Waals surface area (Å²) in [5.41, 5.74) is 6.81. The SMILES string of the molecule is CCC(Nc1ccc([N+](=O)[O-])cc1N)c1ncc[nH]1. The molecule has 19 heavy (non-hydrogen) atoms. The highest BCUT2D eigenvalue weighted by Crippen LogP contribution is 2.28. The van der Waals surface area contributed by atoms with Gasteiger partial charge in [-0.2, -0.15) is 0 Å². The van der Waals surface area contributed by atoms with Crippen molar-refractivity contribution in [2.24, 2.45) is 0 Å². The summed E-state index contributed by atoms with van der Waals surface area (Å²) in [6.07, 6.45) is 4.24. The second-order valence-corrected chi connectivity index (χ2v) is 4.11. The van der Waals surface area contributed by atoms with Crippen LogP contribution in [0.3, 0.4) is 0 Å². The van der Waals surface area contributed by atoms with E-state index in [0.717, 1.165) is 12.2 Å². The highest BCUT2D eigenvalue weighted by molar-refractivity contribution is 5.69. The highest BCUT2D eigenvalue weighted by Gasteiger charge is 2.14. The van der Waals surface area contributed by atoms with Crippen LogP contribution in [0.4, 0.5) is 17.1 Å². The average Bonchev–Trinajstić information content (AvgIpc) is 2.91. The molecule has 0 amide bonds. The molecule has 7 nitrogen and oxygen atoms in total. The van der Waals surface area contributed by atoms with Gasteiger partial charge in [-0.1, -0.05) is 6.92 Å². The van der Waals surface area contributed by atoms with E-state index >= 15 is 0 Å². The first kappa shape index (κ1) is 12.9. The second-order valence-electron chi connectivity index (χ2n) is 4.11. The summed E-state index contributed by atoms with van der Waals surface area (Å²) in [6, 6.07) is 4.36. The number of H-pyrrole nitrogens is 1. The van der Waals surface area contributed by atoms with Crippen molar-refractivity contribution in [3.05, 3.63) is 46.5 Å². The third-order valence-corrected chi connectivity index (χ3v) is 2.83. The molecule has 0 fully saturated rings. The number of non-ortho nitro benzene ring substituents is 1. The molecular weight excluding hydrogens is 246 g/mol. The molecule has 2 aromatic rings. The zero-order valence-electron chi connectivity index (χ0n) is 10.5. The zero-order valence-corrected chi connectivity index (χ0v) is 10.5. The molecule has 1 heterocycles. The van der Waals surface area contributed by atoms with Gasteiger partial charge in [-0.05, 0) is 12.5 Å². The van der Waals surface area contributed by atoms with E-state index in [1.807, 2.05) is 6.92 Å². The topological polar surface area (TPSA) is 110 Å². The Morgan fingerprint density at radius 3 is 2.89 bits per heavy atom. The van der Waals surface area contributed by atoms with Gasteiger partial charge in [-0.25, -0.2) is 4.98 Å². The van der Waals surface area contributed by atoms with Crippen LogP contribution in [0.25, 0.3) is 0 Å². The molecule has 0 radical (unpaired) electrons. The van der Waals surface area contributed by atoms with E-state index in [1.165, 1.54) is 12.1 Å². The lowest BCUT2D eigenvalue weighted by atomic mass is 10.1. The zero-order chi connectivity index (χ0) is 13.8. The molecule has 0 aliphatic carbocycles. The van der Waals surface area contributed by atoms with Crippen LogP contribution < -0.4 is 11.1 Å². The smallest absolute Gasteiger partial charge is 0.271 e.